The van der Waals surface area contributed by atoms with E-state index in [-0.39, 0.29) is 17.5 Å². The first-order valence-corrected chi connectivity index (χ1v) is 6.83. The van der Waals surface area contributed by atoms with Crippen LogP contribution < -0.4 is 5.32 Å². The maximum Gasteiger partial charge on any atom is 0.302 e. The van der Waals surface area contributed by atoms with Crippen LogP contribution in [0.15, 0.2) is 4.99 Å². The molecule has 6 heteroatoms. The lowest BCUT2D eigenvalue weighted by molar-refractivity contribution is -0.147. The molecule has 0 bridgehead atoms. The van der Waals surface area contributed by atoms with Crippen molar-refractivity contribution in [2.45, 2.75) is 44.3 Å². The van der Waals surface area contributed by atoms with Gasteiger partial charge < -0.3 is 14.8 Å². The van der Waals surface area contributed by atoms with Crippen LogP contribution in [0, 0.1) is 0 Å². The number of hydrogen-bond donors (Lipinski definition) is 1. The van der Waals surface area contributed by atoms with Crippen molar-refractivity contribution in [3.05, 3.63) is 0 Å². The van der Waals surface area contributed by atoms with Gasteiger partial charge in [-0.25, -0.2) is 0 Å². The molecule has 0 radical (unpaired) electrons. The molecule has 96 valence electrons. The Morgan fingerprint density at radius 3 is 3.18 bits per heavy atom. The molecule has 0 aromatic rings. The Bertz CT molecular complexity index is 322. The molecule has 2 aliphatic heterocycles. The topological polar surface area (TPSA) is 59.9 Å². The van der Waals surface area contributed by atoms with E-state index in [9.17, 15) is 4.79 Å². The summed E-state index contributed by atoms with van der Waals surface area (Å²) in [6, 6.07) is 0.346. The Morgan fingerprint density at radius 2 is 2.47 bits per heavy atom. The smallest absolute Gasteiger partial charge is 0.302 e. The largest absolute Gasteiger partial charge is 0.463 e. The van der Waals surface area contributed by atoms with Gasteiger partial charge in [0.25, 0.3) is 0 Å². The van der Waals surface area contributed by atoms with Crippen molar-refractivity contribution in [3.63, 3.8) is 0 Å². The van der Waals surface area contributed by atoms with Crippen LogP contribution in [-0.2, 0) is 14.3 Å². The molecule has 5 nitrogen and oxygen atoms in total. The van der Waals surface area contributed by atoms with E-state index in [0.717, 1.165) is 24.6 Å². The highest BCUT2D eigenvalue weighted by Gasteiger charge is 2.38. The Hall–Kier alpha value is -0.750. The van der Waals surface area contributed by atoms with Gasteiger partial charge in [0.15, 0.2) is 5.17 Å². The average molecular weight is 258 g/mol. The van der Waals surface area contributed by atoms with Gasteiger partial charge >= 0.3 is 5.97 Å². The lowest BCUT2D eigenvalue weighted by Crippen LogP contribution is -2.41. The number of esters is 1. The molecule has 17 heavy (non-hydrogen) atoms. The number of thioether (sulfide) groups is 1. The highest BCUT2D eigenvalue weighted by atomic mass is 32.2. The monoisotopic (exact) mass is 258 g/mol. The van der Waals surface area contributed by atoms with Gasteiger partial charge in [-0.05, 0) is 19.8 Å². The predicted octanol–water partition coefficient (Wildman–Crippen LogP) is 1.14. The zero-order valence-electron chi connectivity index (χ0n) is 10.1. The number of fused-ring (bicyclic) bond motifs is 1. The fraction of sp³-hybridized carbons (Fsp3) is 0.818. The Labute approximate surface area is 105 Å². The Kier molecular flexibility index (Phi) is 4.28. The van der Waals surface area contributed by atoms with E-state index in [2.05, 4.69) is 10.3 Å². The first kappa shape index (κ1) is 12.7. The van der Waals surface area contributed by atoms with Crippen LogP contribution in [0.3, 0.4) is 0 Å². The third-order valence-corrected chi connectivity index (χ3v) is 3.91. The number of nitrogens with zero attached hydrogens (tertiary/aromatic N) is 1. The molecule has 0 aliphatic carbocycles. The third kappa shape index (κ3) is 3.35. The first-order chi connectivity index (χ1) is 8.19. The van der Waals surface area contributed by atoms with Crippen molar-refractivity contribution in [2.24, 2.45) is 4.99 Å². The summed E-state index contributed by atoms with van der Waals surface area (Å²) in [6.07, 6.45) is 1.98. The van der Waals surface area contributed by atoms with Crippen molar-refractivity contribution in [1.82, 2.24) is 5.32 Å². The SMILES string of the molecule is CCN=C1NC2CCC(COC(C)=O)OC2S1. The number of nitrogens with one attached hydrogen (secondary N) is 1. The quantitative estimate of drug-likeness (QED) is 0.769. The second-order valence-corrected chi connectivity index (χ2v) is 5.24. The van der Waals surface area contributed by atoms with E-state index >= 15 is 0 Å². The zero-order valence-corrected chi connectivity index (χ0v) is 11.0. The van der Waals surface area contributed by atoms with Gasteiger partial charge in [0.2, 0.25) is 0 Å². The van der Waals surface area contributed by atoms with Crippen molar-refractivity contribution < 1.29 is 14.3 Å². The second-order valence-electron chi connectivity index (χ2n) is 4.15. The van der Waals surface area contributed by atoms with Crippen molar-refractivity contribution >= 4 is 22.9 Å². The van der Waals surface area contributed by atoms with Crippen LogP contribution in [0.5, 0.6) is 0 Å². The van der Waals surface area contributed by atoms with Crippen LogP contribution in [-0.4, -0.2) is 41.9 Å². The van der Waals surface area contributed by atoms with Gasteiger partial charge in [0.05, 0.1) is 12.1 Å². The number of rotatable bonds is 3. The van der Waals surface area contributed by atoms with Crippen LogP contribution in [0.1, 0.15) is 26.7 Å². The number of amidine groups is 1. The number of ether oxygens (including phenoxy) is 2. The van der Waals surface area contributed by atoms with Gasteiger partial charge in [-0.2, -0.15) is 0 Å². The van der Waals surface area contributed by atoms with Gasteiger partial charge in [0, 0.05) is 13.5 Å². The summed E-state index contributed by atoms with van der Waals surface area (Å²) in [4.78, 5) is 15.1. The number of aliphatic imine (C=N–C) groups is 1. The van der Waals surface area contributed by atoms with E-state index in [1.807, 2.05) is 6.92 Å². The molecular formula is C11H18N2O3S. The molecule has 3 atom stereocenters. The van der Waals surface area contributed by atoms with E-state index in [1.54, 1.807) is 11.8 Å². The van der Waals surface area contributed by atoms with E-state index in [1.165, 1.54) is 6.92 Å². The molecule has 1 N–H and O–H groups in total. The Balaban J connectivity index is 1.83. The average Bonchev–Trinajstić information content (AvgIpc) is 2.68. The fourth-order valence-corrected chi connectivity index (χ4v) is 3.19. The summed E-state index contributed by atoms with van der Waals surface area (Å²) >= 11 is 1.63. The number of hydrogen-bond acceptors (Lipinski definition) is 5. The molecule has 0 aromatic heterocycles. The minimum absolute atomic E-state index is 0.0235. The van der Waals surface area contributed by atoms with Crippen LogP contribution in [0.4, 0.5) is 0 Å². The van der Waals surface area contributed by atoms with Gasteiger partial charge in [-0.15, -0.1) is 0 Å². The molecule has 3 unspecified atom stereocenters. The van der Waals surface area contributed by atoms with Gasteiger partial charge in [0.1, 0.15) is 12.0 Å². The van der Waals surface area contributed by atoms with Gasteiger partial charge in [-0.3, -0.25) is 9.79 Å². The molecule has 2 saturated heterocycles. The van der Waals surface area contributed by atoms with Crippen molar-refractivity contribution in [1.29, 1.82) is 0 Å². The lowest BCUT2D eigenvalue weighted by Gasteiger charge is -2.30. The molecule has 2 fully saturated rings. The van der Waals surface area contributed by atoms with E-state index in [0.29, 0.717) is 12.6 Å². The molecule has 0 saturated carbocycles. The van der Waals surface area contributed by atoms with Crippen LogP contribution in [0.2, 0.25) is 0 Å². The maximum absolute atomic E-state index is 10.7. The number of carbonyl (C=O) groups excluding carboxylic acids is 1. The maximum atomic E-state index is 10.7. The number of carbonyl (C=O) groups is 1. The normalized spacial score (nSPS) is 34.2. The summed E-state index contributed by atoms with van der Waals surface area (Å²) in [5, 5.41) is 4.33. The van der Waals surface area contributed by atoms with E-state index < -0.39 is 0 Å². The second kappa shape index (κ2) is 5.73. The molecule has 2 aliphatic rings. The molecular weight excluding hydrogens is 240 g/mol. The molecule has 0 aromatic carbocycles. The Morgan fingerprint density at radius 1 is 1.65 bits per heavy atom. The molecule has 2 heterocycles. The van der Waals surface area contributed by atoms with Crippen molar-refractivity contribution in [3.8, 4) is 0 Å². The van der Waals surface area contributed by atoms with E-state index in [4.69, 9.17) is 9.47 Å². The van der Waals surface area contributed by atoms with Crippen LogP contribution in [0.25, 0.3) is 0 Å². The highest BCUT2D eigenvalue weighted by Crippen LogP contribution is 2.33. The lowest BCUT2D eigenvalue weighted by atomic mass is 10.1. The zero-order chi connectivity index (χ0) is 12.3. The minimum Gasteiger partial charge on any atom is -0.463 e. The standard InChI is InChI=1S/C11H18N2O3S/c1-3-12-11-13-9-5-4-8(6-15-7(2)14)16-10(9)17-11/h8-10H,3-6H2,1-2H3,(H,12,13). The summed E-state index contributed by atoms with van der Waals surface area (Å²) in [7, 11) is 0. The van der Waals surface area contributed by atoms with Crippen LogP contribution >= 0.6 is 11.8 Å². The summed E-state index contributed by atoms with van der Waals surface area (Å²) < 4.78 is 10.9. The van der Waals surface area contributed by atoms with Gasteiger partial charge in [-0.1, -0.05) is 11.8 Å². The summed E-state index contributed by atoms with van der Waals surface area (Å²) in [5.41, 5.74) is 0.106. The molecule has 0 amide bonds. The predicted molar refractivity (Wildman–Crippen MR) is 67.0 cm³/mol. The first-order valence-electron chi connectivity index (χ1n) is 5.95. The summed E-state index contributed by atoms with van der Waals surface area (Å²) in [6.45, 7) is 4.58. The van der Waals surface area contributed by atoms with Crippen molar-refractivity contribution in [2.75, 3.05) is 13.2 Å². The fourth-order valence-electron chi connectivity index (χ4n) is 1.97. The molecule has 0 spiro atoms. The molecule has 2 rings (SSSR count). The minimum atomic E-state index is -0.249. The highest BCUT2D eigenvalue weighted by molar-refractivity contribution is 8.14. The third-order valence-electron chi connectivity index (χ3n) is 2.77. The summed E-state index contributed by atoms with van der Waals surface area (Å²) in [5.74, 6) is -0.249.